The molecule has 5 nitrogen and oxygen atoms in total. The lowest BCUT2D eigenvalue weighted by molar-refractivity contribution is 0.0585. The first-order valence-electron chi connectivity index (χ1n) is 7.50. The fraction of sp³-hybridized carbons (Fsp3) is 0.562. The quantitative estimate of drug-likeness (QED) is 0.873. The second-order valence-corrected chi connectivity index (χ2v) is 6.06. The van der Waals surface area contributed by atoms with Crippen molar-refractivity contribution < 1.29 is 14.6 Å². The van der Waals surface area contributed by atoms with Crippen LogP contribution in [0.5, 0.6) is 5.75 Å². The number of hydrogen-bond acceptors (Lipinski definition) is 3. The number of ether oxygens (including phenoxy) is 1. The van der Waals surface area contributed by atoms with Gasteiger partial charge in [-0.2, -0.15) is 0 Å². The molecule has 0 radical (unpaired) electrons. The molecule has 1 aromatic rings. The molecule has 0 spiro atoms. The Balaban J connectivity index is 1.54. The molecule has 1 saturated carbocycles. The number of methoxy groups -OCH3 is 1. The maximum Gasteiger partial charge on any atom is 0.407 e. The zero-order valence-electron chi connectivity index (χ0n) is 12.4. The van der Waals surface area contributed by atoms with E-state index in [-0.39, 0.29) is 0 Å². The summed E-state index contributed by atoms with van der Waals surface area (Å²) >= 11 is 0. The third kappa shape index (κ3) is 3.47. The SMILES string of the molecule is COc1ccc(CN(CC2CN(C(=O)O)C2)C2CC2)cc1. The van der Waals surface area contributed by atoms with Crippen LogP contribution in [0.15, 0.2) is 24.3 Å². The van der Waals surface area contributed by atoms with Gasteiger partial charge in [-0.1, -0.05) is 12.1 Å². The van der Waals surface area contributed by atoms with Gasteiger partial charge in [-0.05, 0) is 30.5 Å². The molecule has 1 aromatic carbocycles. The van der Waals surface area contributed by atoms with Crippen LogP contribution >= 0.6 is 0 Å². The van der Waals surface area contributed by atoms with Crippen LogP contribution in [-0.4, -0.2) is 53.8 Å². The fourth-order valence-corrected chi connectivity index (χ4v) is 2.92. The van der Waals surface area contributed by atoms with Crippen molar-refractivity contribution in [2.45, 2.75) is 25.4 Å². The lowest BCUT2D eigenvalue weighted by Crippen LogP contribution is -2.53. The van der Waals surface area contributed by atoms with E-state index in [0.29, 0.717) is 25.0 Å². The Bertz CT molecular complexity index is 493. The van der Waals surface area contributed by atoms with Crippen LogP contribution in [0.1, 0.15) is 18.4 Å². The lowest BCUT2D eigenvalue weighted by Gasteiger charge is -2.40. The van der Waals surface area contributed by atoms with Gasteiger partial charge < -0.3 is 14.7 Å². The predicted molar refractivity (Wildman–Crippen MR) is 79.5 cm³/mol. The third-order valence-electron chi connectivity index (χ3n) is 4.33. The van der Waals surface area contributed by atoms with Crippen molar-refractivity contribution in [2.24, 2.45) is 5.92 Å². The zero-order valence-corrected chi connectivity index (χ0v) is 12.4. The summed E-state index contributed by atoms with van der Waals surface area (Å²) in [5.41, 5.74) is 1.29. The first-order chi connectivity index (χ1) is 10.2. The van der Waals surface area contributed by atoms with Crippen molar-refractivity contribution in [3.8, 4) is 5.75 Å². The van der Waals surface area contributed by atoms with Gasteiger partial charge in [-0.25, -0.2) is 4.79 Å². The summed E-state index contributed by atoms with van der Waals surface area (Å²) in [6.45, 7) is 3.31. The van der Waals surface area contributed by atoms with Crippen LogP contribution in [-0.2, 0) is 6.54 Å². The van der Waals surface area contributed by atoms with E-state index >= 15 is 0 Å². The average Bonchev–Trinajstić information content (AvgIpc) is 3.25. The number of rotatable bonds is 6. The highest BCUT2D eigenvalue weighted by Crippen LogP contribution is 2.31. The Hall–Kier alpha value is -1.75. The van der Waals surface area contributed by atoms with E-state index < -0.39 is 6.09 Å². The zero-order chi connectivity index (χ0) is 14.8. The van der Waals surface area contributed by atoms with Gasteiger partial charge in [-0.15, -0.1) is 0 Å². The topological polar surface area (TPSA) is 53.0 Å². The van der Waals surface area contributed by atoms with Crippen LogP contribution < -0.4 is 4.74 Å². The maximum absolute atomic E-state index is 10.8. The first kappa shape index (κ1) is 14.2. The molecule has 21 heavy (non-hydrogen) atoms. The normalized spacial score (nSPS) is 18.7. The molecule has 1 aliphatic carbocycles. The molecule has 1 N–H and O–H groups in total. The Morgan fingerprint density at radius 3 is 2.52 bits per heavy atom. The molecule has 0 bridgehead atoms. The lowest BCUT2D eigenvalue weighted by atomic mass is 10.00. The minimum atomic E-state index is -0.792. The number of amides is 1. The van der Waals surface area contributed by atoms with Gasteiger partial charge in [0, 0.05) is 38.1 Å². The van der Waals surface area contributed by atoms with Crippen molar-refractivity contribution in [3.63, 3.8) is 0 Å². The van der Waals surface area contributed by atoms with Crippen LogP contribution in [0, 0.1) is 5.92 Å². The summed E-state index contributed by atoms with van der Waals surface area (Å²) in [7, 11) is 1.68. The molecule has 0 atom stereocenters. The summed E-state index contributed by atoms with van der Waals surface area (Å²) in [4.78, 5) is 14.8. The monoisotopic (exact) mass is 290 g/mol. The molecule has 0 aromatic heterocycles. The van der Waals surface area contributed by atoms with Crippen molar-refractivity contribution >= 4 is 6.09 Å². The van der Waals surface area contributed by atoms with Crippen LogP contribution in [0.3, 0.4) is 0 Å². The summed E-state index contributed by atoms with van der Waals surface area (Å²) in [6, 6.07) is 8.90. The summed E-state index contributed by atoms with van der Waals surface area (Å²) in [6.07, 6.45) is 1.75. The van der Waals surface area contributed by atoms with Gasteiger partial charge in [0.1, 0.15) is 5.75 Å². The smallest absolute Gasteiger partial charge is 0.407 e. The van der Waals surface area contributed by atoms with Crippen molar-refractivity contribution in [2.75, 3.05) is 26.7 Å². The highest BCUT2D eigenvalue weighted by atomic mass is 16.5. The number of nitrogens with zero attached hydrogens (tertiary/aromatic N) is 2. The molecular weight excluding hydrogens is 268 g/mol. The summed E-state index contributed by atoms with van der Waals surface area (Å²) < 4.78 is 5.18. The number of benzene rings is 1. The van der Waals surface area contributed by atoms with Crippen molar-refractivity contribution in [3.05, 3.63) is 29.8 Å². The minimum absolute atomic E-state index is 0.486. The van der Waals surface area contributed by atoms with E-state index in [1.54, 1.807) is 7.11 Å². The van der Waals surface area contributed by atoms with Crippen LogP contribution in [0.25, 0.3) is 0 Å². The number of carbonyl (C=O) groups is 1. The maximum atomic E-state index is 10.8. The molecule has 1 heterocycles. The van der Waals surface area contributed by atoms with E-state index in [9.17, 15) is 4.79 Å². The highest BCUT2D eigenvalue weighted by Gasteiger charge is 2.36. The average molecular weight is 290 g/mol. The summed E-state index contributed by atoms with van der Waals surface area (Å²) in [5, 5.41) is 8.89. The number of hydrogen-bond donors (Lipinski definition) is 1. The van der Waals surface area contributed by atoms with Gasteiger partial charge in [0.2, 0.25) is 0 Å². The largest absolute Gasteiger partial charge is 0.497 e. The van der Waals surface area contributed by atoms with E-state index in [4.69, 9.17) is 9.84 Å². The van der Waals surface area contributed by atoms with E-state index in [1.807, 2.05) is 12.1 Å². The Kier molecular flexibility index (Phi) is 4.01. The van der Waals surface area contributed by atoms with E-state index in [1.165, 1.54) is 23.3 Å². The van der Waals surface area contributed by atoms with Gasteiger partial charge >= 0.3 is 6.09 Å². The second kappa shape index (κ2) is 5.93. The van der Waals surface area contributed by atoms with Crippen LogP contribution in [0.2, 0.25) is 0 Å². The Morgan fingerprint density at radius 1 is 1.33 bits per heavy atom. The van der Waals surface area contributed by atoms with E-state index in [2.05, 4.69) is 17.0 Å². The Labute approximate surface area is 125 Å². The van der Waals surface area contributed by atoms with Crippen molar-refractivity contribution in [1.29, 1.82) is 0 Å². The summed E-state index contributed by atoms with van der Waals surface area (Å²) in [5.74, 6) is 1.37. The van der Waals surface area contributed by atoms with Gasteiger partial charge in [0.15, 0.2) is 0 Å². The molecular formula is C16H22N2O3. The van der Waals surface area contributed by atoms with Gasteiger partial charge in [-0.3, -0.25) is 4.90 Å². The molecule has 0 unspecified atom stereocenters. The molecule has 1 aliphatic heterocycles. The molecule has 1 amide bonds. The van der Waals surface area contributed by atoms with Gasteiger partial charge in [0.05, 0.1) is 7.11 Å². The first-order valence-corrected chi connectivity index (χ1v) is 7.50. The molecule has 2 fully saturated rings. The van der Waals surface area contributed by atoms with Crippen LogP contribution in [0.4, 0.5) is 4.79 Å². The Morgan fingerprint density at radius 2 is 2.00 bits per heavy atom. The molecule has 1 saturated heterocycles. The molecule has 5 heteroatoms. The molecule has 3 rings (SSSR count). The second-order valence-electron chi connectivity index (χ2n) is 6.06. The fourth-order valence-electron chi connectivity index (χ4n) is 2.92. The van der Waals surface area contributed by atoms with Crippen molar-refractivity contribution in [1.82, 2.24) is 9.80 Å². The standard InChI is InChI=1S/C16H22N2O3/c1-21-15-6-2-12(3-7-15)8-17(14-4-5-14)9-13-10-18(11-13)16(19)20/h2-3,6-7,13-14H,4-5,8-11H2,1H3,(H,19,20). The van der Waals surface area contributed by atoms with Gasteiger partial charge in [0.25, 0.3) is 0 Å². The predicted octanol–water partition coefficient (Wildman–Crippen LogP) is 2.27. The number of likely N-dealkylation sites (tertiary alicyclic amines) is 1. The number of carboxylic acid groups (broad SMARTS) is 1. The molecule has 114 valence electrons. The van der Waals surface area contributed by atoms with E-state index in [0.717, 1.165) is 18.8 Å². The molecule has 2 aliphatic rings. The minimum Gasteiger partial charge on any atom is -0.497 e. The third-order valence-corrected chi connectivity index (χ3v) is 4.33. The highest BCUT2D eigenvalue weighted by molar-refractivity contribution is 5.66.